The SMILES string of the molecule is I[SiH2][I-][SiH2][I-][SiH2][I-][SiH2][I-][SiH2][I-][SiH2][I-][SiH2]I. The average molecular weight is 1230 g/mol. The second kappa shape index (κ2) is 21.4. The molecule has 0 fully saturated rings. The van der Waals surface area contributed by atoms with Gasteiger partial charge in [-0.2, -0.15) is 0 Å². The van der Waals surface area contributed by atoms with Gasteiger partial charge in [-0.1, -0.05) is 0 Å². The van der Waals surface area contributed by atoms with Crippen LogP contribution in [-0.2, 0) is 0 Å². The maximum atomic E-state index is 2.77. The summed E-state index contributed by atoms with van der Waals surface area (Å²) in [6.45, 7) is 0. The Morgan fingerprint density at radius 2 is 0.733 bits per heavy atom. The molecule has 0 spiro atoms. The molecule has 0 aliphatic heterocycles. The van der Waals surface area contributed by atoms with Crippen molar-refractivity contribution in [1.82, 2.24) is 0 Å². The molecule has 0 aromatic carbocycles. The van der Waals surface area contributed by atoms with Gasteiger partial charge >= 0.3 is 193 Å². The van der Waals surface area contributed by atoms with Gasteiger partial charge in [-0.15, -0.1) is 0 Å². The van der Waals surface area contributed by atoms with Crippen LogP contribution in [0.1, 0.15) is 0 Å². The summed E-state index contributed by atoms with van der Waals surface area (Å²) in [6, 6.07) is 0. The van der Waals surface area contributed by atoms with Crippen molar-refractivity contribution in [2.75, 3.05) is 0 Å². The molecule has 15 heavy (non-hydrogen) atoms. The monoisotopic (exact) mass is 1230 g/mol. The summed E-state index contributed by atoms with van der Waals surface area (Å²) >= 11 is 12.0. The fourth-order valence-corrected chi connectivity index (χ4v) is 747. The van der Waals surface area contributed by atoms with Gasteiger partial charge in [0, 0.05) is 0 Å². The van der Waals surface area contributed by atoms with Gasteiger partial charge in [0.15, 0.2) is 0 Å². The zero-order chi connectivity index (χ0) is 11.2. The van der Waals surface area contributed by atoms with Gasteiger partial charge in [-0.05, 0) is 0 Å². The molecule has 0 nitrogen and oxygen atoms in total. The van der Waals surface area contributed by atoms with E-state index in [0.717, 1.165) is 140 Å². The summed E-state index contributed by atoms with van der Waals surface area (Å²) in [5.74, 6) is 0. The quantitative estimate of drug-likeness (QED) is 0.0791. The molecule has 0 rings (SSSR count). The third-order valence-electron chi connectivity index (χ3n) is 0.857. The molecule has 0 atom stereocenters. The van der Waals surface area contributed by atoms with Crippen molar-refractivity contribution < 1.29 is 118 Å². The van der Waals surface area contributed by atoms with E-state index in [1.54, 1.807) is 0 Å². The van der Waals surface area contributed by atoms with E-state index in [4.69, 9.17) is 0 Å². The van der Waals surface area contributed by atoms with Gasteiger partial charge in [0.1, 0.15) is 0 Å². The van der Waals surface area contributed by atoms with Gasteiger partial charge < -0.3 is 0 Å². The third kappa shape index (κ3) is 21.4. The van der Waals surface area contributed by atoms with Crippen LogP contribution < -0.4 is 118 Å². The van der Waals surface area contributed by atoms with E-state index in [-0.39, 0.29) is 0 Å². The van der Waals surface area contributed by atoms with Crippen LogP contribution in [0.15, 0.2) is 0 Å². The molecule has 104 valence electrons. The summed E-state index contributed by atoms with van der Waals surface area (Å²) in [6.07, 6.45) is 0. The molecule has 0 aromatic rings. The summed E-state index contributed by atoms with van der Waals surface area (Å²) in [7, 11) is 0. The second-order valence-electron chi connectivity index (χ2n) is 1.84. The topological polar surface area (TPSA) is 0 Å². The molecule has 0 N–H and O–H groups in total. The molecule has 0 bridgehead atoms. The molecule has 0 radical (unpaired) electrons. The van der Waals surface area contributed by atoms with Crippen LogP contribution in [0.4, 0.5) is 0 Å². The van der Waals surface area contributed by atoms with Crippen molar-refractivity contribution in [2.24, 2.45) is 0 Å². The van der Waals surface area contributed by atoms with E-state index in [1.165, 1.54) is 0 Å². The second-order valence-corrected chi connectivity index (χ2v) is 164. The van der Waals surface area contributed by atoms with E-state index in [1.807, 2.05) is 0 Å². The van der Waals surface area contributed by atoms with E-state index in [9.17, 15) is 0 Å². The van der Waals surface area contributed by atoms with Crippen molar-refractivity contribution in [3.05, 3.63) is 0 Å². The molecule has 0 aromatic heterocycles. The van der Waals surface area contributed by atoms with Gasteiger partial charge in [0.2, 0.25) is 0 Å². The Labute approximate surface area is 186 Å². The standard InChI is InChI=1S/H14I8Si7/c1-9-3-11-5-13-7-15-8-14-6-12-4-10-2/h9-15H2/q-6. The minimum atomic E-state index is 0.601. The number of rotatable bonds is 12. The molecule has 15 heteroatoms. The summed E-state index contributed by atoms with van der Waals surface area (Å²) in [4.78, 5) is 0. The van der Waals surface area contributed by atoms with Crippen LogP contribution in [-0.4, -0.2) is 31.6 Å². The Morgan fingerprint density at radius 1 is 0.467 bits per heavy atom. The first-order valence-corrected chi connectivity index (χ1v) is 75.3. The van der Waals surface area contributed by atoms with Gasteiger partial charge in [-0.25, -0.2) is 0 Å². The fraction of sp³-hybridized carbons (Fsp3) is 0. The van der Waals surface area contributed by atoms with Crippen LogP contribution >= 0.6 is 43.6 Å². The van der Waals surface area contributed by atoms with Gasteiger partial charge in [0.25, 0.3) is 0 Å². The average Bonchev–Trinajstić information content (AvgIpc) is 2.26. The van der Waals surface area contributed by atoms with Crippen molar-refractivity contribution in [3.63, 3.8) is 0 Å². The maximum absolute atomic E-state index is 2.77. The Hall–Kier alpha value is 7.36. The van der Waals surface area contributed by atoms with Crippen LogP contribution in [0.3, 0.4) is 0 Å². The van der Waals surface area contributed by atoms with Gasteiger partial charge in [-0.3, -0.25) is 0 Å². The first-order valence-electron chi connectivity index (χ1n) is 3.74. The minimum absolute atomic E-state index is 0.601. The molecule has 0 saturated carbocycles. The summed E-state index contributed by atoms with van der Waals surface area (Å²) in [5, 5.41) is 0. The molecule has 0 amide bonds. The first kappa shape index (κ1) is 22.4. The Bertz CT molecular complexity index is 99.2. The molecule has 0 aliphatic rings. The van der Waals surface area contributed by atoms with Crippen molar-refractivity contribution in [2.45, 2.75) is 0 Å². The molecular formula is H14I8Si7-6. The third-order valence-corrected chi connectivity index (χ3v) is 347. The number of hydrogen-bond donors (Lipinski definition) is 0. The zero-order valence-corrected chi connectivity index (χ0v) is 35.1. The summed E-state index contributed by atoms with van der Waals surface area (Å²) in [5.41, 5.74) is 0. The predicted molar refractivity (Wildman–Crippen MR) is 87.8 cm³/mol. The number of hydrogen-bond acceptors (Lipinski definition) is 0. The first-order chi connectivity index (χ1) is 7.41. The predicted octanol–water partition coefficient (Wildman–Crippen LogP) is -22.6. The Morgan fingerprint density at radius 3 is 1.00 bits per heavy atom. The molecular weight excluding hydrogens is 1210 g/mol. The Kier molecular flexibility index (Phi) is 31.8. The van der Waals surface area contributed by atoms with Crippen LogP contribution in [0.5, 0.6) is 0 Å². The normalized spacial score (nSPS) is 18.0. The van der Waals surface area contributed by atoms with E-state index >= 15 is 0 Å². The van der Waals surface area contributed by atoms with Crippen molar-refractivity contribution in [1.29, 1.82) is 0 Å². The molecule has 0 aliphatic carbocycles. The zero-order valence-electron chi connectivity index (χ0n) is 7.97. The van der Waals surface area contributed by atoms with E-state index in [0.29, 0.717) is 9.03 Å². The van der Waals surface area contributed by atoms with Crippen molar-refractivity contribution >= 4 is 75.2 Å². The number of halogens is 8. The van der Waals surface area contributed by atoms with Crippen LogP contribution in [0.2, 0.25) is 0 Å². The van der Waals surface area contributed by atoms with E-state index in [2.05, 4.69) is 43.6 Å². The summed E-state index contributed by atoms with van der Waals surface area (Å²) < 4.78 is 5.26. The van der Waals surface area contributed by atoms with Gasteiger partial charge in [0.05, 0.1) is 0 Å². The van der Waals surface area contributed by atoms with Crippen LogP contribution in [0, 0.1) is 0 Å². The Balaban J connectivity index is 2.81. The van der Waals surface area contributed by atoms with Crippen LogP contribution in [0.25, 0.3) is 0 Å². The molecule has 0 saturated heterocycles. The van der Waals surface area contributed by atoms with E-state index < -0.39 is 0 Å². The molecule has 0 unspecified atom stereocenters. The van der Waals surface area contributed by atoms with Crippen molar-refractivity contribution in [3.8, 4) is 0 Å². The fourth-order valence-electron chi connectivity index (χ4n) is 0.415. The molecule has 0 heterocycles.